The van der Waals surface area contributed by atoms with Crippen molar-refractivity contribution < 1.29 is 19.5 Å². The van der Waals surface area contributed by atoms with E-state index in [0.29, 0.717) is 6.42 Å². The van der Waals surface area contributed by atoms with Gasteiger partial charge in [0.25, 0.3) is 5.91 Å². The van der Waals surface area contributed by atoms with Crippen molar-refractivity contribution >= 4 is 28.7 Å². The molecule has 0 radical (unpaired) electrons. The Morgan fingerprint density at radius 2 is 1.64 bits per heavy atom. The maximum Gasteiger partial charge on any atom is 0.328 e. The van der Waals surface area contributed by atoms with Crippen molar-refractivity contribution in [1.82, 2.24) is 9.80 Å². The topological polar surface area (TPSA) is 77.9 Å². The lowest BCUT2D eigenvalue weighted by Gasteiger charge is -2.26. The smallest absolute Gasteiger partial charge is 0.328 e. The van der Waals surface area contributed by atoms with E-state index in [1.165, 1.54) is 0 Å². The quantitative estimate of drug-likeness (QED) is 0.510. The summed E-state index contributed by atoms with van der Waals surface area (Å²) in [6, 6.07) is 20.4. The van der Waals surface area contributed by atoms with Gasteiger partial charge in [-0.1, -0.05) is 93.1 Å². The molecule has 3 amide bonds. The summed E-state index contributed by atoms with van der Waals surface area (Å²) in [5.41, 5.74) is 1.69. The number of benzene rings is 3. The molecule has 3 aromatic rings. The first-order valence-corrected chi connectivity index (χ1v) is 11.3. The highest BCUT2D eigenvalue weighted by Crippen LogP contribution is 2.31. The van der Waals surface area contributed by atoms with Gasteiger partial charge < -0.3 is 10.0 Å². The Hall–Kier alpha value is -3.67. The number of rotatable bonds is 8. The van der Waals surface area contributed by atoms with Crippen LogP contribution in [0.5, 0.6) is 0 Å². The molecule has 0 spiro atoms. The number of carbonyl (C=O) groups is 3. The van der Waals surface area contributed by atoms with Gasteiger partial charge in [0.2, 0.25) is 0 Å². The number of hydrogen-bond acceptors (Lipinski definition) is 3. The van der Waals surface area contributed by atoms with E-state index in [4.69, 9.17) is 0 Å². The van der Waals surface area contributed by atoms with Crippen molar-refractivity contribution in [3.05, 3.63) is 83.9 Å². The highest BCUT2D eigenvalue weighted by molar-refractivity contribution is 6.07. The molecule has 4 rings (SSSR count). The van der Waals surface area contributed by atoms with Crippen molar-refractivity contribution in [2.75, 3.05) is 0 Å². The molecule has 6 heteroatoms. The van der Waals surface area contributed by atoms with Gasteiger partial charge >= 0.3 is 12.0 Å². The maximum atomic E-state index is 13.6. The summed E-state index contributed by atoms with van der Waals surface area (Å²) in [7, 11) is 0. The van der Waals surface area contributed by atoms with Crippen molar-refractivity contribution in [2.45, 2.75) is 45.3 Å². The van der Waals surface area contributed by atoms with E-state index in [2.05, 4.69) is 0 Å². The number of hydrogen-bond donors (Lipinski definition) is 1. The molecule has 3 atom stereocenters. The number of aliphatic carboxylic acids is 1. The lowest BCUT2D eigenvalue weighted by Crippen LogP contribution is -2.47. The van der Waals surface area contributed by atoms with E-state index in [1.54, 1.807) is 17.0 Å². The van der Waals surface area contributed by atoms with Gasteiger partial charge in [-0.25, -0.2) is 14.5 Å². The zero-order chi connectivity index (χ0) is 23.5. The van der Waals surface area contributed by atoms with E-state index in [1.807, 2.05) is 74.5 Å². The Labute approximate surface area is 193 Å². The first-order valence-electron chi connectivity index (χ1n) is 11.3. The molecule has 1 aliphatic heterocycles. The van der Waals surface area contributed by atoms with Crippen LogP contribution >= 0.6 is 0 Å². The van der Waals surface area contributed by atoms with Crippen LogP contribution in [0.2, 0.25) is 0 Å². The first kappa shape index (κ1) is 22.5. The zero-order valence-electron chi connectivity index (χ0n) is 18.8. The van der Waals surface area contributed by atoms with Gasteiger partial charge in [-0.2, -0.15) is 0 Å². The van der Waals surface area contributed by atoms with Crippen LogP contribution in [0.25, 0.3) is 10.8 Å². The van der Waals surface area contributed by atoms with Crippen molar-refractivity contribution in [1.29, 1.82) is 0 Å². The molecule has 1 aliphatic rings. The molecule has 0 bridgehead atoms. The predicted octanol–water partition coefficient (Wildman–Crippen LogP) is 4.71. The number of urea groups is 1. The van der Waals surface area contributed by atoms with Crippen LogP contribution in [0.15, 0.2) is 72.8 Å². The number of amides is 3. The monoisotopic (exact) mass is 444 g/mol. The first-order chi connectivity index (χ1) is 15.9. The largest absolute Gasteiger partial charge is 0.480 e. The van der Waals surface area contributed by atoms with Crippen LogP contribution in [-0.2, 0) is 22.6 Å². The average molecular weight is 445 g/mol. The minimum atomic E-state index is -1.25. The molecule has 1 saturated heterocycles. The summed E-state index contributed by atoms with van der Waals surface area (Å²) in [5, 5.41) is 12.0. The van der Waals surface area contributed by atoms with E-state index >= 15 is 0 Å². The van der Waals surface area contributed by atoms with Crippen LogP contribution in [-0.4, -0.2) is 44.9 Å². The van der Waals surface area contributed by atoms with Crippen molar-refractivity contribution in [2.24, 2.45) is 5.92 Å². The Morgan fingerprint density at radius 3 is 2.33 bits per heavy atom. The molecule has 1 heterocycles. The second-order valence-electron chi connectivity index (χ2n) is 8.63. The summed E-state index contributed by atoms with van der Waals surface area (Å²) >= 11 is 0. The zero-order valence-corrected chi connectivity index (χ0v) is 18.8. The molecule has 1 N–H and O–H groups in total. The molecule has 0 saturated carbocycles. The molecule has 6 nitrogen and oxygen atoms in total. The standard InChI is InChI=1S/C27H28N2O4/c1-3-18(2)24-25(30)29(23(26(31)32)16-19-10-5-4-6-11-19)27(33)28(24)17-21-14-9-13-20-12-7-8-15-22(20)21/h4-15,18,23-24H,3,16-17H2,1-2H3,(H,31,32). The fourth-order valence-electron chi connectivity index (χ4n) is 4.59. The van der Waals surface area contributed by atoms with Gasteiger partial charge in [-0.05, 0) is 27.8 Å². The second kappa shape index (κ2) is 9.45. The average Bonchev–Trinajstić information content (AvgIpc) is 3.07. The van der Waals surface area contributed by atoms with Gasteiger partial charge in [-0.15, -0.1) is 0 Å². The summed E-state index contributed by atoms with van der Waals surface area (Å²) in [6.07, 6.45) is 0.767. The Bertz CT molecular complexity index is 1170. The molecule has 0 aromatic heterocycles. The number of carboxylic acid groups (broad SMARTS) is 1. The van der Waals surface area contributed by atoms with Crippen LogP contribution in [0.4, 0.5) is 4.79 Å². The minimum absolute atomic E-state index is 0.0724. The van der Waals surface area contributed by atoms with Gasteiger partial charge in [-0.3, -0.25) is 4.79 Å². The number of imide groups is 1. The maximum absolute atomic E-state index is 13.6. The molecule has 3 unspecified atom stereocenters. The van der Waals surface area contributed by atoms with Crippen LogP contribution < -0.4 is 0 Å². The van der Waals surface area contributed by atoms with Crippen LogP contribution in [0.3, 0.4) is 0 Å². The van der Waals surface area contributed by atoms with E-state index in [9.17, 15) is 19.5 Å². The number of carbonyl (C=O) groups excluding carboxylic acids is 2. The van der Waals surface area contributed by atoms with Crippen molar-refractivity contribution in [3.8, 4) is 0 Å². The highest BCUT2D eigenvalue weighted by atomic mass is 16.4. The molecule has 33 heavy (non-hydrogen) atoms. The third-order valence-corrected chi connectivity index (χ3v) is 6.55. The lowest BCUT2D eigenvalue weighted by atomic mass is 9.96. The summed E-state index contributed by atoms with van der Waals surface area (Å²) < 4.78 is 0. The third-order valence-electron chi connectivity index (χ3n) is 6.55. The molecule has 1 fully saturated rings. The minimum Gasteiger partial charge on any atom is -0.480 e. The highest BCUT2D eigenvalue weighted by Gasteiger charge is 2.51. The van der Waals surface area contributed by atoms with E-state index in [0.717, 1.165) is 26.8 Å². The number of fused-ring (bicyclic) bond motifs is 1. The molecule has 170 valence electrons. The fraction of sp³-hybridized carbons (Fsp3) is 0.296. The van der Waals surface area contributed by atoms with Gasteiger partial charge in [0.05, 0.1) is 0 Å². The molecular formula is C27H28N2O4. The van der Waals surface area contributed by atoms with E-state index in [-0.39, 0.29) is 18.9 Å². The number of carboxylic acids is 1. The number of nitrogens with zero attached hydrogens (tertiary/aromatic N) is 2. The van der Waals surface area contributed by atoms with Gasteiger partial charge in [0.15, 0.2) is 0 Å². The summed E-state index contributed by atoms with van der Waals surface area (Å²) in [5.74, 6) is -1.72. The SMILES string of the molecule is CCC(C)C1C(=O)N(C(Cc2ccccc2)C(=O)O)C(=O)N1Cc1cccc2ccccc12. The normalized spacial score (nSPS) is 18.1. The second-order valence-corrected chi connectivity index (χ2v) is 8.63. The summed E-state index contributed by atoms with van der Waals surface area (Å²) in [4.78, 5) is 41.8. The third kappa shape index (κ3) is 4.33. The lowest BCUT2D eigenvalue weighted by molar-refractivity contribution is -0.147. The Balaban J connectivity index is 1.71. The van der Waals surface area contributed by atoms with Gasteiger partial charge in [0.1, 0.15) is 12.1 Å². The molecule has 0 aliphatic carbocycles. The van der Waals surface area contributed by atoms with Crippen molar-refractivity contribution in [3.63, 3.8) is 0 Å². The summed E-state index contributed by atoms with van der Waals surface area (Å²) in [6.45, 7) is 4.15. The Morgan fingerprint density at radius 1 is 0.970 bits per heavy atom. The fourth-order valence-corrected chi connectivity index (χ4v) is 4.59. The Kier molecular flexibility index (Phi) is 6.45. The van der Waals surface area contributed by atoms with Gasteiger partial charge in [0, 0.05) is 13.0 Å². The van der Waals surface area contributed by atoms with Crippen LogP contribution in [0.1, 0.15) is 31.4 Å². The van der Waals surface area contributed by atoms with Crippen LogP contribution in [0, 0.1) is 5.92 Å². The molecular weight excluding hydrogens is 416 g/mol. The van der Waals surface area contributed by atoms with E-state index < -0.39 is 30.0 Å². The molecule has 3 aromatic carbocycles. The predicted molar refractivity (Wildman–Crippen MR) is 127 cm³/mol.